The largest absolute Gasteiger partial charge is 0.344 e. The number of tetrazole rings is 1. The number of amides is 1. The lowest BCUT2D eigenvalue weighted by Crippen LogP contribution is -2.43. The molecule has 0 fully saturated rings. The summed E-state index contributed by atoms with van der Waals surface area (Å²) in [4.78, 5) is 25.6. The van der Waals surface area contributed by atoms with Crippen LogP contribution in [0, 0.1) is 0 Å². The molecular formula is C22H25N5O2. The monoisotopic (exact) mass is 391 g/mol. The van der Waals surface area contributed by atoms with E-state index in [1.807, 2.05) is 54.6 Å². The molecule has 0 saturated heterocycles. The van der Waals surface area contributed by atoms with Crippen LogP contribution in [0.1, 0.15) is 37.8 Å². The first-order valence-corrected chi connectivity index (χ1v) is 9.64. The van der Waals surface area contributed by atoms with Crippen LogP contribution in [0.3, 0.4) is 0 Å². The van der Waals surface area contributed by atoms with Crippen LogP contribution in [0.25, 0.3) is 11.4 Å². The second-order valence-electron chi connectivity index (χ2n) is 7.34. The highest BCUT2D eigenvalue weighted by molar-refractivity contribution is 5.87. The minimum Gasteiger partial charge on any atom is -0.344 e. The summed E-state index contributed by atoms with van der Waals surface area (Å²) in [7, 11) is 0. The van der Waals surface area contributed by atoms with Gasteiger partial charge in [-0.3, -0.25) is 9.59 Å². The minimum atomic E-state index is -0.587. The smallest absolute Gasteiger partial charge is 0.244 e. The summed E-state index contributed by atoms with van der Waals surface area (Å²) in [5, 5.41) is 15.0. The molecule has 2 aromatic carbocycles. The van der Waals surface area contributed by atoms with E-state index in [-0.39, 0.29) is 18.2 Å². The number of benzene rings is 2. The molecule has 1 amide bonds. The number of Topliss-reactive ketones (excluding diaryl/α,β-unsaturated/α-hetero) is 1. The summed E-state index contributed by atoms with van der Waals surface area (Å²) in [6.45, 7) is 5.64. The van der Waals surface area contributed by atoms with Crippen LogP contribution in [0.5, 0.6) is 0 Å². The number of carbonyl (C=O) groups is 2. The number of hydrogen-bond donors (Lipinski definition) is 1. The fourth-order valence-electron chi connectivity index (χ4n) is 2.96. The summed E-state index contributed by atoms with van der Waals surface area (Å²) < 4.78 is 0. The molecular weight excluding hydrogens is 366 g/mol. The van der Waals surface area contributed by atoms with E-state index >= 15 is 0 Å². The number of carbonyl (C=O) groups excluding carboxylic acids is 2. The second-order valence-corrected chi connectivity index (χ2v) is 7.34. The molecule has 0 spiro atoms. The van der Waals surface area contributed by atoms with Crippen LogP contribution < -0.4 is 5.32 Å². The maximum Gasteiger partial charge on any atom is 0.244 e. The third-order valence-corrected chi connectivity index (χ3v) is 4.68. The molecule has 0 saturated carbocycles. The Morgan fingerprint density at radius 2 is 1.72 bits per heavy atom. The Labute approximate surface area is 170 Å². The van der Waals surface area contributed by atoms with Gasteiger partial charge in [0.2, 0.25) is 11.7 Å². The summed E-state index contributed by atoms with van der Waals surface area (Å²) in [5.41, 5.74) is 3.06. The van der Waals surface area contributed by atoms with Gasteiger partial charge in [0.05, 0.1) is 6.04 Å². The normalized spacial score (nSPS) is 12.0. The first-order valence-electron chi connectivity index (χ1n) is 9.64. The molecule has 7 heteroatoms. The predicted molar refractivity (Wildman–Crippen MR) is 110 cm³/mol. The average molecular weight is 391 g/mol. The van der Waals surface area contributed by atoms with E-state index in [1.54, 1.807) is 0 Å². The Morgan fingerprint density at radius 1 is 1.03 bits per heavy atom. The SMILES string of the molecule is CC(=O)[C@@H](Cc1ccccc1)NC(=O)Cn1nnc(-c2ccc(C(C)C)cc2)n1. The molecule has 1 atom stereocenters. The molecule has 3 aromatic rings. The van der Waals surface area contributed by atoms with Crippen LogP contribution >= 0.6 is 0 Å². The summed E-state index contributed by atoms with van der Waals surface area (Å²) in [5.74, 6) is 0.474. The summed E-state index contributed by atoms with van der Waals surface area (Å²) in [6, 6.07) is 17.0. The number of rotatable bonds is 8. The number of nitrogens with one attached hydrogen (secondary N) is 1. The van der Waals surface area contributed by atoms with E-state index in [1.165, 1.54) is 17.3 Å². The van der Waals surface area contributed by atoms with E-state index in [0.29, 0.717) is 18.2 Å². The van der Waals surface area contributed by atoms with E-state index in [4.69, 9.17) is 0 Å². The third-order valence-electron chi connectivity index (χ3n) is 4.68. The zero-order chi connectivity index (χ0) is 20.8. The van der Waals surface area contributed by atoms with Crippen molar-refractivity contribution in [2.75, 3.05) is 0 Å². The number of ketones is 1. The molecule has 0 aliphatic rings. The van der Waals surface area contributed by atoms with Crippen LogP contribution in [0.15, 0.2) is 54.6 Å². The Kier molecular flexibility index (Phi) is 6.49. The highest BCUT2D eigenvalue weighted by Gasteiger charge is 2.18. The summed E-state index contributed by atoms with van der Waals surface area (Å²) in [6.07, 6.45) is 0.445. The lowest BCUT2D eigenvalue weighted by Gasteiger charge is -2.15. The minimum absolute atomic E-state index is 0.0975. The van der Waals surface area contributed by atoms with Crippen molar-refractivity contribution < 1.29 is 9.59 Å². The first-order chi connectivity index (χ1) is 13.9. The van der Waals surface area contributed by atoms with Crippen molar-refractivity contribution in [3.8, 4) is 11.4 Å². The predicted octanol–water partition coefficient (Wildman–Crippen LogP) is 2.78. The van der Waals surface area contributed by atoms with Crippen molar-refractivity contribution in [3.63, 3.8) is 0 Å². The quantitative estimate of drug-likeness (QED) is 0.638. The molecule has 0 aliphatic heterocycles. The van der Waals surface area contributed by atoms with Gasteiger partial charge in [0.25, 0.3) is 0 Å². The lowest BCUT2D eigenvalue weighted by molar-refractivity contribution is -0.127. The van der Waals surface area contributed by atoms with Crippen LogP contribution in [-0.4, -0.2) is 37.9 Å². The topological polar surface area (TPSA) is 89.8 Å². The van der Waals surface area contributed by atoms with E-state index in [0.717, 1.165) is 11.1 Å². The average Bonchev–Trinajstić information content (AvgIpc) is 3.16. The third kappa shape index (κ3) is 5.57. The van der Waals surface area contributed by atoms with Gasteiger partial charge in [-0.25, -0.2) is 0 Å². The van der Waals surface area contributed by atoms with Gasteiger partial charge in [-0.1, -0.05) is 68.4 Å². The van der Waals surface area contributed by atoms with E-state index in [2.05, 4.69) is 34.6 Å². The summed E-state index contributed by atoms with van der Waals surface area (Å²) >= 11 is 0. The Hall–Kier alpha value is -3.35. The molecule has 0 radical (unpaired) electrons. The molecule has 0 unspecified atom stereocenters. The van der Waals surface area contributed by atoms with Gasteiger partial charge in [-0.05, 0) is 35.6 Å². The van der Waals surface area contributed by atoms with Gasteiger partial charge < -0.3 is 5.32 Å². The van der Waals surface area contributed by atoms with Gasteiger partial charge in [-0.2, -0.15) is 4.80 Å². The number of nitrogens with zero attached hydrogens (tertiary/aromatic N) is 4. The fraction of sp³-hybridized carbons (Fsp3) is 0.318. The standard InChI is InChI=1S/C22H25N5O2/c1-15(2)18-9-11-19(12-10-18)22-24-26-27(25-22)14-21(29)23-20(16(3)28)13-17-7-5-4-6-8-17/h4-12,15,20H,13-14H2,1-3H3,(H,23,29)/t20-/m1/s1. The Bertz CT molecular complexity index is 964. The molecule has 0 bridgehead atoms. The Balaban J connectivity index is 1.62. The maximum absolute atomic E-state index is 12.4. The van der Waals surface area contributed by atoms with Gasteiger partial charge in [0.15, 0.2) is 5.78 Å². The molecule has 1 N–H and O–H groups in total. The van der Waals surface area contributed by atoms with Gasteiger partial charge in [-0.15, -0.1) is 10.2 Å². The van der Waals surface area contributed by atoms with Crippen molar-refractivity contribution in [2.45, 2.75) is 45.7 Å². The number of hydrogen-bond acceptors (Lipinski definition) is 5. The molecule has 0 aliphatic carbocycles. The highest BCUT2D eigenvalue weighted by atomic mass is 16.2. The van der Waals surface area contributed by atoms with Crippen molar-refractivity contribution in [1.29, 1.82) is 0 Å². The van der Waals surface area contributed by atoms with E-state index in [9.17, 15) is 9.59 Å². The highest BCUT2D eigenvalue weighted by Crippen LogP contribution is 2.19. The van der Waals surface area contributed by atoms with Gasteiger partial charge in [0.1, 0.15) is 6.54 Å². The first kappa shape index (κ1) is 20.4. The molecule has 1 aromatic heterocycles. The number of aromatic nitrogens is 4. The van der Waals surface area contributed by atoms with E-state index < -0.39 is 6.04 Å². The van der Waals surface area contributed by atoms with Crippen LogP contribution in [0.2, 0.25) is 0 Å². The second kappa shape index (κ2) is 9.23. The van der Waals surface area contributed by atoms with Crippen molar-refractivity contribution >= 4 is 11.7 Å². The van der Waals surface area contributed by atoms with Crippen molar-refractivity contribution in [1.82, 2.24) is 25.5 Å². The zero-order valence-electron chi connectivity index (χ0n) is 16.9. The van der Waals surface area contributed by atoms with Crippen LogP contribution in [0.4, 0.5) is 0 Å². The molecule has 150 valence electrons. The Morgan fingerprint density at radius 3 is 2.34 bits per heavy atom. The lowest BCUT2D eigenvalue weighted by atomic mass is 10.0. The molecule has 3 rings (SSSR count). The van der Waals surface area contributed by atoms with Crippen molar-refractivity contribution in [2.24, 2.45) is 0 Å². The zero-order valence-corrected chi connectivity index (χ0v) is 16.9. The molecule has 7 nitrogen and oxygen atoms in total. The van der Waals surface area contributed by atoms with Crippen LogP contribution in [-0.2, 0) is 22.6 Å². The van der Waals surface area contributed by atoms with Crippen molar-refractivity contribution in [3.05, 3.63) is 65.7 Å². The molecule has 29 heavy (non-hydrogen) atoms. The molecule has 1 heterocycles. The van der Waals surface area contributed by atoms with Gasteiger partial charge >= 0.3 is 0 Å². The maximum atomic E-state index is 12.4. The fourth-order valence-corrected chi connectivity index (χ4v) is 2.96. The van der Waals surface area contributed by atoms with Gasteiger partial charge in [0, 0.05) is 5.56 Å².